The summed E-state index contributed by atoms with van der Waals surface area (Å²) >= 11 is 4.00. The van der Waals surface area contributed by atoms with Crippen LogP contribution in [0.5, 0.6) is 0 Å². The monoisotopic (exact) mass is 390 g/mol. The van der Waals surface area contributed by atoms with Gasteiger partial charge < -0.3 is 0 Å². The zero-order chi connectivity index (χ0) is 18.8. The number of rotatable bonds is 4. The van der Waals surface area contributed by atoms with Gasteiger partial charge in [0.1, 0.15) is 0 Å². The Balaban J connectivity index is 1.63. The van der Waals surface area contributed by atoms with Crippen LogP contribution in [-0.4, -0.2) is 5.75 Å². The smallest absolute Gasteiger partial charge is 0.0381 e. The first-order chi connectivity index (χ1) is 13.2. The Morgan fingerprint density at radius 3 is 2.52 bits per heavy atom. The molecule has 2 aromatic carbocycles. The summed E-state index contributed by atoms with van der Waals surface area (Å²) in [6.07, 6.45) is 7.27. The molecule has 2 heteroatoms. The molecular weight excluding hydrogens is 364 g/mol. The molecule has 4 rings (SSSR count). The minimum Gasteiger partial charge on any atom is -0.154 e. The summed E-state index contributed by atoms with van der Waals surface area (Å²) < 4.78 is 1.37. The van der Waals surface area contributed by atoms with Crippen molar-refractivity contribution >= 4 is 44.3 Å². The Kier molecular flexibility index (Phi) is 5.56. The summed E-state index contributed by atoms with van der Waals surface area (Å²) in [7, 11) is 0. The van der Waals surface area contributed by atoms with E-state index < -0.39 is 0 Å². The van der Waals surface area contributed by atoms with Crippen molar-refractivity contribution in [2.45, 2.75) is 38.9 Å². The fourth-order valence-electron chi connectivity index (χ4n) is 3.85. The Hall–Kier alpha value is -1.77. The van der Waals surface area contributed by atoms with Crippen molar-refractivity contribution in [1.82, 2.24) is 0 Å². The first-order valence-corrected chi connectivity index (χ1v) is 11.6. The molecule has 0 aliphatic carbocycles. The summed E-state index contributed by atoms with van der Waals surface area (Å²) in [6, 6.07) is 18.0. The van der Waals surface area contributed by atoms with Crippen LogP contribution in [0.1, 0.15) is 53.5 Å². The minimum atomic E-state index is 0.704. The average molecular weight is 391 g/mol. The van der Waals surface area contributed by atoms with Crippen molar-refractivity contribution in [3.63, 3.8) is 0 Å². The number of fused-ring (bicyclic) bond motifs is 1. The summed E-state index contributed by atoms with van der Waals surface area (Å²) in [5.74, 6) is 1.31. The van der Waals surface area contributed by atoms with Crippen LogP contribution in [0.25, 0.3) is 21.2 Å². The molecule has 1 aliphatic rings. The van der Waals surface area contributed by atoms with Crippen molar-refractivity contribution in [2.75, 3.05) is 5.75 Å². The molecule has 0 bridgehead atoms. The van der Waals surface area contributed by atoms with Crippen molar-refractivity contribution in [3.05, 3.63) is 82.3 Å². The molecule has 3 aromatic rings. The van der Waals surface area contributed by atoms with Gasteiger partial charge in [-0.05, 0) is 78.7 Å². The Labute approximate surface area is 171 Å². The van der Waals surface area contributed by atoms with Gasteiger partial charge in [0, 0.05) is 14.8 Å². The molecule has 1 atom stereocenters. The van der Waals surface area contributed by atoms with Crippen molar-refractivity contribution < 1.29 is 0 Å². The summed E-state index contributed by atoms with van der Waals surface area (Å²) in [5, 5.41) is 2.08. The second-order valence-corrected chi connectivity index (χ2v) is 9.61. The molecule has 0 saturated carbocycles. The predicted octanol–water partition coefficient (Wildman–Crippen LogP) is 8.28. The van der Waals surface area contributed by atoms with Crippen LogP contribution in [0.4, 0.5) is 0 Å². The van der Waals surface area contributed by atoms with E-state index in [9.17, 15) is 0 Å². The molecule has 138 valence electrons. The molecule has 0 amide bonds. The first kappa shape index (κ1) is 18.6. The average Bonchev–Trinajstić information content (AvgIpc) is 3.35. The van der Waals surface area contributed by atoms with Crippen LogP contribution < -0.4 is 0 Å². The van der Waals surface area contributed by atoms with Gasteiger partial charge in [-0.15, -0.1) is 11.3 Å². The maximum Gasteiger partial charge on any atom is 0.0381 e. The van der Waals surface area contributed by atoms with Gasteiger partial charge in [0.25, 0.3) is 0 Å². The van der Waals surface area contributed by atoms with Gasteiger partial charge >= 0.3 is 0 Å². The molecule has 1 aliphatic heterocycles. The molecule has 1 fully saturated rings. The highest BCUT2D eigenvalue weighted by atomic mass is 32.2. The summed E-state index contributed by atoms with van der Waals surface area (Å²) in [4.78, 5) is 1.39. The lowest BCUT2D eigenvalue weighted by atomic mass is 9.99. The zero-order valence-corrected chi connectivity index (χ0v) is 17.9. The Morgan fingerprint density at radius 1 is 1.07 bits per heavy atom. The lowest BCUT2D eigenvalue weighted by molar-refractivity contribution is 0.829. The molecule has 0 spiro atoms. The van der Waals surface area contributed by atoms with E-state index in [1.165, 1.54) is 61.4 Å². The molecule has 0 N–H and O–H groups in total. The number of aryl methyl sites for hydroxylation is 1. The van der Waals surface area contributed by atoms with E-state index in [0.29, 0.717) is 5.25 Å². The molecule has 0 nitrogen and oxygen atoms in total. The van der Waals surface area contributed by atoms with Crippen LogP contribution in [0, 0.1) is 6.92 Å². The van der Waals surface area contributed by atoms with Gasteiger partial charge in [0.2, 0.25) is 0 Å². The number of hydrogen-bond acceptors (Lipinski definition) is 2. The van der Waals surface area contributed by atoms with Crippen LogP contribution in [-0.2, 0) is 0 Å². The standard InChI is InChI=1S/C25H26S2/c1-4-19(25-18(3)22-8-5-6-9-24(22)27-25)16-17(2)20-11-13-21(14-12-20)23-10-7-15-26-23/h4-6,8-9,11-14,16,23H,7,10,15H2,1-3H3/b17-16+,19-4+. The largest absolute Gasteiger partial charge is 0.154 e. The van der Waals surface area contributed by atoms with Crippen molar-refractivity contribution in [1.29, 1.82) is 0 Å². The number of thioether (sulfide) groups is 1. The van der Waals surface area contributed by atoms with E-state index in [4.69, 9.17) is 0 Å². The fourth-order valence-corrected chi connectivity index (χ4v) is 6.40. The summed E-state index contributed by atoms with van der Waals surface area (Å²) in [6.45, 7) is 6.61. The second kappa shape index (κ2) is 8.08. The van der Waals surface area contributed by atoms with E-state index in [1.807, 2.05) is 11.3 Å². The van der Waals surface area contributed by atoms with Gasteiger partial charge in [-0.25, -0.2) is 0 Å². The molecule has 27 heavy (non-hydrogen) atoms. The Morgan fingerprint density at radius 2 is 1.85 bits per heavy atom. The van der Waals surface area contributed by atoms with Crippen LogP contribution >= 0.6 is 23.1 Å². The predicted molar refractivity (Wildman–Crippen MR) is 125 cm³/mol. The van der Waals surface area contributed by atoms with Crippen LogP contribution in [0.15, 0.2) is 60.7 Å². The third kappa shape index (κ3) is 3.79. The number of allylic oxidation sites excluding steroid dienone is 4. The molecule has 2 heterocycles. The maximum atomic E-state index is 2.34. The Bertz CT molecular complexity index is 996. The van der Waals surface area contributed by atoms with E-state index >= 15 is 0 Å². The number of thiophene rings is 1. The lowest BCUT2D eigenvalue weighted by Crippen LogP contribution is -1.89. The first-order valence-electron chi connectivity index (χ1n) is 9.72. The quantitative estimate of drug-likeness (QED) is 0.404. The SMILES string of the molecule is C/C=C(\C=C(/C)c1ccc(C2CCCS2)cc1)c1sc2ccccc2c1C. The molecule has 0 radical (unpaired) electrons. The normalized spacial score (nSPS) is 18.4. The zero-order valence-electron chi connectivity index (χ0n) is 16.3. The number of hydrogen-bond donors (Lipinski definition) is 0. The molecule has 1 unspecified atom stereocenters. The lowest BCUT2D eigenvalue weighted by Gasteiger charge is -2.10. The molecular formula is C25H26S2. The third-order valence-electron chi connectivity index (χ3n) is 5.46. The van der Waals surface area contributed by atoms with Gasteiger partial charge in [-0.1, -0.05) is 54.6 Å². The summed E-state index contributed by atoms with van der Waals surface area (Å²) in [5.41, 5.74) is 6.84. The van der Waals surface area contributed by atoms with E-state index in [1.54, 1.807) is 0 Å². The minimum absolute atomic E-state index is 0.704. The number of benzene rings is 2. The van der Waals surface area contributed by atoms with E-state index in [0.717, 1.165) is 0 Å². The highest BCUT2D eigenvalue weighted by Crippen LogP contribution is 2.40. The van der Waals surface area contributed by atoms with E-state index in [-0.39, 0.29) is 0 Å². The highest BCUT2D eigenvalue weighted by Gasteiger charge is 2.17. The maximum absolute atomic E-state index is 2.34. The van der Waals surface area contributed by atoms with Crippen molar-refractivity contribution in [3.8, 4) is 0 Å². The van der Waals surface area contributed by atoms with Crippen LogP contribution in [0.2, 0.25) is 0 Å². The van der Waals surface area contributed by atoms with Gasteiger partial charge in [0.15, 0.2) is 0 Å². The van der Waals surface area contributed by atoms with Gasteiger partial charge in [0.05, 0.1) is 0 Å². The molecule has 1 aromatic heterocycles. The van der Waals surface area contributed by atoms with E-state index in [2.05, 4.69) is 93.2 Å². The second-order valence-electron chi connectivity index (χ2n) is 7.25. The topological polar surface area (TPSA) is 0 Å². The van der Waals surface area contributed by atoms with Crippen LogP contribution in [0.3, 0.4) is 0 Å². The third-order valence-corrected chi connectivity index (χ3v) is 8.21. The fraction of sp³-hybridized carbons (Fsp3) is 0.280. The van der Waals surface area contributed by atoms with Crippen molar-refractivity contribution in [2.24, 2.45) is 0 Å². The van der Waals surface area contributed by atoms with Gasteiger partial charge in [-0.3, -0.25) is 0 Å². The molecule has 1 saturated heterocycles. The van der Waals surface area contributed by atoms with Gasteiger partial charge in [-0.2, -0.15) is 11.8 Å². The highest BCUT2D eigenvalue weighted by molar-refractivity contribution is 7.99.